The molecule has 156 valence electrons. The molecule has 4 N–H and O–H groups in total. The van der Waals surface area contributed by atoms with Gasteiger partial charge in [0.15, 0.2) is 11.5 Å². The predicted octanol–water partition coefficient (Wildman–Crippen LogP) is -0.215. The molecule has 12 heteroatoms. The fourth-order valence-electron chi connectivity index (χ4n) is 2.74. The molecule has 3 heterocycles. The zero-order valence-corrected chi connectivity index (χ0v) is 16.6. The maximum atomic E-state index is 13.0. The summed E-state index contributed by atoms with van der Waals surface area (Å²) in [6, 6.07) is -1.02. The van der Waals surface area contributed by atoms with Crippen molar-refractivity contribution in [3.63, 3.8) is 0 Å². The van der Waals surface area contributed by atoms with E-state index in [2.05, 4.69) is 40.9 Å². The van der Waals surface area contributed by atoms with Gasteiger partial charge < -0.3 is 26.3 Å². The van der Waals surface area contributed by atoms with Gasteiger partial charge >= 0.3 is 0 Å². The number of hydrogen-bond acceptors (Lipinski definition) is 10. The highest BCUT2D eigenvalue weighted by atomic mass is 16.2. The van der Waals surface area contributed by atoms with Gasteiger partial charge in [0.2, 0.25) is 0 Å². The lowest BCUT2D eigenvalue weighted by Gasteiger charge is -2.32. The van der Waals surface area contributed by atoms with Crippen molar-refractivity contribution in [2.24, 2.45) is 4.99 Å². The summed E-state index contributed by atoms with van der Waals surface area (Å²) in [5.74, 6) is -0.331. The normalized spacial score (nSPS) is 14.3. The van der Waals surface area contributed by atoms with Crippen LogP contribution in [0.3, 0.4) is 0 Å². The molecular weight excluding hydrogens is 388 g/mol. The van der Waals surface area contributed by atoms with Crippen molar-refractivity contribution in [1.29, 1.82) is 5.41 Å². The molecule has 30 heavy (non-hydrogen) atoms. The van der Waals surface area contributed by atoms with E-state index in [0.29, 0.717) is 11.5 Å². The second-order valence-corrected chi connectivity index (χ2v) is 6.32. The number of nitrogens with one attached hydrogen (secondary N) is 4. The molecule has 1 saturated heterocycles. The van der Waals surface area contributed by atoms with Crippen LogP contribution in [-0.2, 0) is 4.79 Å². The lowest BCUT2D eigenvalue weighted by molar-refractivity contribution is -0.114. The molecule has 0 bridgehead atoms. The van der Waals surface area contributed by atoms with Gasteiger partial charge in [-0.1, -0.05) is 0 Å². The second kappa shape index (κ2) is 9.49. The molecule has 0 aromatic carbocycles. The smallest absolute Gasteiger partial charge is 0.274 e. The first kappa shape index (κ1) is 20.8. The van der Waals surface area contributed by atoms with Crippen molar-refractivity contribution >= 4 is 41.1 Å². The van der Waals surface area contributed by atoms with Gasteiger partial charge in [-0.25, -0.2) is 19.9 Å². The van der Waals surface area contributed by atoms with E-state index in [1.54, 1.807) is 6.20 Å². The minimum atomic E-state index is -1.02. The van der Waals surface area contributed by atoms with E-state index in [1.807, 2.05) is 4.90 Å². The van der Waals surface area contributed by atoms with Gasteiger partial charge in [-0.05, 0) is 6.42 Å². The van der Waals surface area contributed by atoms with Gasteiger partial charge in [-0.15, -0.1) is 0 Å². The van der Waals surface area contributed by atoms with Crippen LogP contribution in [0.25, 0.3) is 0 Å². The average molecular weight is 410 g/mol. The molecule has 2 aromatic rings. The second-order valence-electron chi connectivity index (χ2n) is 6.32. The lowest BCUT2D eigenvalue weighted by atomic mass is 10.1. The van der Waals surface area contributed by atoms with Crippen molar-refractivity contribution in [2.45, 2.75) is 12.5 Å². The van der Waals surface area contributed by atoms with Gasteiger partial charge in [0.25, 0.3) is 11.8 Å². The minimum absolute atomic E-state index is 0.00123. The molecule has 2 aromatic heterocycles. The molecule has 1 atom stereocenters. The van der Waals surface area contributed by atoms with Crippen LogP contribution in [0.1, 0.15) is 16.9 Å². The van der Waals surface area contributed by atoms with Crippen LogP contribution >= 0.6 is 0 Å². The highest BCUT2D eigenvalue weighted by molar-refractivity contribution is 6.44. The molecule has 1 aliphatic heterocycles. The summed E-state index contributed by atoms with van der Waals surface area (Å²) in [4.78, 5) is 47.6. The molecule has 1 fully saturated rings. The van der Waals surface area contributed by atoms with Crippen molar-refractivity contribution < 1.29 is 9.59 Å². The van der Waals surface area contributed by atoms with Crippen LogP contribution in [-0.4, -0.2) is 76.9 Å². The highest BCUT2D eigenvalue weighted by Gasteiger charge is 2.26. The number of aliphatic imine (C=N–C) groups is 1. The summed E-state index contributed by atoms with van der Waals surface area (Å²) in [7, 11) is 2.86. The fourth-order valence-corrected chi connectivity index (χ4v) is 2.74. The quantitative estimate of drug-likeness (QED) is 0.434. The molecule has 1 unspecified atom stereocenters. The third kappa shape index (κ3) is 4.54. The number of nitrogens with zero attached hydrogens (tertiary/aromatic N) is 6. The van der Waals surface area contributed by atoms with Crippen LogP contribution < -0.4 is 20.9 Å². The van der Waals surface area contributed by atoms with Gasteiger partial charge in [0, 0.05) is 33.4 Å². The van der Waals surface area contributed by atoms with Crippen LogP contribution in [0.5, 0.6) is 0 Å². The largest absolute Gasteiger partial charge is 0.355 e. The predicted molar refractivity (Wildman–Crippen MR) is 112 cm³/mol. The zero-order valence-electron chi connectivity index (χ0n) is 16.6. The first-order valence-corrected chi connectivity index (χ1v) is 9.21. The van der Waals surface area contributed by atoms with E-state index in [4.69, 9.17) is 5.41 Å². The van der Waals surface area contributed by atoms with Crippen LogP contribution in [0.15, 0.2) is 29.9 Å². The van der Waals surface area contributed by atoms with Crippen LogP contribution in [0.4, 0.5) is 17.3 Å². The summed E-state index contributed by atoms with van der Waals surface area (Å²) >= 11 is 0. The number of amides is 2. The maximum Gasteiger partial charge on any atom is 0.274 e. The average Bonchev–Trinajstić information content (AvgIpc) is 2.73. The molecule has 0 aliphatic carbocycles. The van der Waals surface area contributed by atoms with E-state index >= 15 is 0 Å². The molecule has 0 spiro atoms. The third-order valence-electron chi connectivity index (χ3n) is 4.43. The third-order valence-corrected chi connectivity index (χ3v) is 4.43. The Labute approximate surface area is 172 Å². The Morgan fingerprint density at radius 2 is 2.00 bits per heavy atom. The number of anilines is 3. The highest BCUT2D eigenvalue weighted by Crippen LogP contribution is 2.22. The number of carbonyl (C=O) groups is 2. The standard InChI is InChI=1S/C18H22N10O2/c1-20-14(17(29)21-2)12(6-19)26-18(30)15-16(25-11-7-22-10-23-8-11)24-9-13(27-15)28-4-3-5-28/h6-10,12,19H,3-5H2,1-2H3,(H,21,29)(H,24,25)(H,26,30). The van der Waals surface area contributed by atoms with E-state index in [1.165, 1.54) is 32.8 Å². The number of carbonyl (C=O) groups excluding carboxylic acids is 2. The van der Waals surface area contributed by atoms with E-state index in [-0.39, 0.29) is 17.2 Å². The molecular formula is C18H22N10O2. The number of rotatable bonds is 8. The zero-order chi connectivity index (χ0) is 21.5. The van der Waals surface area contributed by atoms with E-state index in [9.17, 15) is 9.59 Å². The number of aromatic nitrogens is 4. The molecule has 12 nitrogen and oxygen atoms in total. The molecule has 2 amide bonds. The van der Waals surface area contributed by atoms with E-state index < -0.39 is 17.9 Å². The maximum absolute atomic E-state index is 13.0. The Kier molecular flexibility index (Phi) is 6.57. The van der Waals surface area contributed by atoms with Crippen molar-refractivity contribution in [3.8, 4) is 0 Å². The fraction of sp³-hybridized carbons (Fsp3) is 0.333. The summed E-state index contributed by atoms with van der Waals surface area (Å²) < 4.78 is 0. The monoisotopic (exact) mass is 410 g/mol. The summed E-state index contributed by atoms with van der Waals surface area (Å²) in [6.45, 7) is 1.67. The first-order valence-electron chi connectivity index (χ1n) is 9.21. The van der Waals surface area contributed by atoms with Crippen molar-refractivity contribution in [2.75, 3.05) is 37.4 Å². The molecule has 1 aliphatic rings. The Hall–Kier alpha value is -3.96. The van der Waals surface area contributed by atoms with Gasteiger partial charge in [0.05, 0.1) is 24.3 Å². The van der Waals surface area contributed by atoms with Gasteiger partial charge in [-0.3, -0.25) is 14.6 Å². The Morgan fingerprint density at radius 1 is 1.27 bits per heavy atom. The lowest BCUT2D eigenvalue weighted by Crippen LogP contribution is -2.48. The van der Waals surface area contributed by atoms with Gasteiger partial charge in [0.1, 0.15) is 23.9 Å². The van der Waals surface area contributed by atoms with Gasteiger partial charge in [-0.2, -0.15) is 0 Å². The molecule has 3 rings (SSSR count). The van der Waals surface area contributed by atoms with E-state index in [0.717, 1.165) is 25.7 Å². The Bertz CT molecular complexity index is 959. The van der Waals surface area contributed by atoms with Crippen LogP contribution in [0, 0.1) is 5.41 Å². The summed E-state index contributed by atoms with van der Waals surface area (Å²) in [5.41, 5.74) is 0.545. The Morgan fingerprint density at radius 3 is 2.57 bits per heavy atom. The van der Waals surface area contributed by atoms with Crippen molar-refractivity contribution in [1.82, 2.24) is 30.6 Å². The summed E-state index contributed by atoms with van der Waals surface area (Å²) in [5, 5.41) is 15.7. The number of hydrogen-bond donors (Lipinski definition) is 4. The summed E-state index contributed by atoms with van der Waals surface area (Å²) in [6.07, 6.45) is 8.01. The molecule has 0 radical (unpaired) electrons. The van der Waals surface area contributed by atoms with Crippen LogP contribution in [0.2, 0.25) is 0 Å². The van der Waals surface area contributed by atoms with Crippen molar-refractivity contribution in [3.05, 3.63) is 30.6 Å². The topological polar surface area (TPSA) is 161 Å². The first-order chi connectivity index (χ1) is 14.6. The minimum Gasteiger partial charge on any atom is -0.355 e. The molecule has 0 saturated carbocycles. The Balaban J connectivity index is 1.91. The SMILES string of the molecule is CN=C(C(=O)NC)C(C=N)NC(=O)c1nc(N2CCC2)cnc1Nc1cncnc1.